The third kappa shape index (κ3) is 4.50. The van der Waals surface area contributed by atoms with Gasteiger partial charge >= 0.3 is 0 Å². The zero-order valence-corrected chi connectivity index (χ0v) is 17.7. The largest absolute Gasteiger partial charge is 0.337 e. The molecular weight excluding hydrogens is 425 g/mol. The molecule has 0 saturated carbocycles. The molecule has 3 heterocycles. The van der Waals surface area contributed by atoms with Gasteiger partial charge in [-0.15, -0.1) is 0 Å². The van der Waals surface area contributed by atoms with Crippen molar-refractivity contribution in [1.29, 1.82) is 0 Å². The molecule has 1 saturated heterocycles. The van der Waals surface area contributed by atoms with E-state index in [1.54, 1.807) is 36.1 Å². The van der Waals surface area contributed by atoms with Crippen molar-refractivity contribution in [2.45, 2.75) is 31.3 Å². The summed E-state index contributed by atoms with van der Waals surface area (Å²) in [6, 6.07) is 4.57. The first-order valence-electron chi connectivity index (χ1n) is 9.87. The summed E-state index contributed by atoms with van der Waals surface area (Å²) in [5.74, 6) is -0.916. The molecule has 1 aromatic heterocycles. The lowest BCUT2D eigenvalue weighted by Crippen LogP contribution is -2.44. The first-order valence-corrected chi connectivity index (χ1v) is 11.7. The van der Waals surface area contributed by atoms with Gasteiger partial charge in [0.2, 0.25) is 5.91 Å². The molecule has 2 atom stereocenters. The van der Waals surface area contributed by atoms with Crippen molar-refractivity contribution in [3.05, 3.63) is 53.9 Å². The molecule has 1 N–H and O–H groups in total. The van der Waals surface area contributed by atoms with E-state index in [9.17, 15) is 22.4 Å². The highest BCUT2D eigenvalue weighted by molar-refractivity contribution is 7.91. The molecular formula is C20H22FN5O4S. The van der Waals surface area contributed by atoms with Crippen molar-refractivity contribution in [3.63, 3.8) is 0 Å². The maximum atomic E-state index is 13.8. The Morgan fingerprint density at radius 1 is 1.32 bits per heavy atom. The molecule has 2 amide bonds. The number of hydrogen-bond acceptors (Lipinski definition) is 6. The number of halogens is 1. The Bertz CT molecular complexity index is 1160. The molecule has 11 heteroatoms. The van der Waals surface area contributed by atoms with Crippen molar-refractivity contribution in [3.8, 4) is 0 Å². The Hall–Kier alpha value is -3.08. The fourth-order valence-corrected chi connectivity index (χ4v) is 5.53. The summed E-state index contributed by atoms with van der Waals surface area (Å²) >= 11 is 0. The van der Waals surface area contributed by atoms with Gasteiger partial charge in [-0.25, -0.2) is 22.8 Å². The van der Waals surface area contributed by atoms with Gasteiger partial charge in [0.1, 0.15) is 23.4 Å². The zero-order chi connectivity index (χ0) is 22.2. The number of rotatable bonds is 5. The van der Waals surface area contributed by atoms with Gasteiger partial charge in [0.05, 0.1) is 17.5 Å². The molecule has 2 aliphatic rings. The summed E-state index contributed by atoms with van der Waals surface area (Å²) in [5.41, 5.74) is 0.633. The van der Waals surface area contributed by atoms with Crippen LogP contribution in [0.2, 0.25) is 0 Å². The molecule has 31 heavy (non-hydrogen) atoms. The lowest BCUT2D eigenvalue weighted by molar-refractivity contribution is -0.133. The van der Waals surface area contributed by atoms with E-state index in [0.717, 1.165) is 5.01 Å². The predicted molar refractivity (Wildman–Crippen MR) is 110 cm³/mol. The number of aromatic nitrogens is 2. The van der Waals surface area contributed by atoms with Crippen LogP contribution in [0.4, 0.5) is 4.39 Å². The Morgan fingerprint density at radius 3 is 2.77 bits per heavy atom. The molecule has 9 nitrogen and oxygen atoms in total. The van der Waals surface area contributed by atoms with Crippen molar-refractivity contribution in [2.24, 2.45) is 12.1 Å². The van der Waals surface area contributed by atoms with Gasteiger partial charge in [-0.1, -0.05) is 12.1 Å². The van der Waals surface area contributed by atoms with Gasteiger partial charge in [0.25, 0.3) is 5.91 Å². The van der Waals surface area contributed by atoms with E-state index in [4.69, 9.17) is 0 Å². The van der Waals surface area contributed by atoms with Gasteiger partial charge < -0.3 is 9.88 Å². The highest BCUT2D eigenvalue weighted by Crippen LogP contribution is 2.24. The average molecular weight is 447 g/mol. The van der Waals surface area contributed by atoms with E-state index in [1.807, 2.05) is 0 Å². The molecule has 2 aliphatic heterocycles. The van der Waals surface area contributed by atoms with Crippen LogP contribution in [0, 0.1) is 5.82 Å². The van der Waals surface area contributed by atoms with Crippen molar-refractivity contribution < 1.29 is 22.4 Å². The van der Waals surface area contributed by atoms with Gasteiger partial charge in [-0.3, -0.25) is 9.59 Å². The van der Waals surface area contributed by atoms with Gasteiger partial charge in [-0.05, 0) is 24.1 Å². The number of carbonyl (C=O) groups is 2. The molecule has 2 aromatic rings. The quantitative estimate of drug-likeness (QED) is 0.733. The number of imidazole rings is 1. The lowest BCUT2D eigenvalue weighted by Gasteiger charge is -2.28. The van der Waals surface area contributed by atoms with Crippen LogP contribution < -0.4 is 5.32 Å². The number of carbonyl (C=O) groups excluding carboxylic acids is 2. The third-order valence-electron chi connectivity index (χ3n) is 5.45. The molecule has 0 spiro atoms. The SMILES string of the molecule is Cn1ccnc1[C@H](NC(=O)C1=NN([C@H]2CCS(=O)(=O)C2)C(=O)CC1)c1cccc(F)c1. The molecule has 4 rings (SSSR count). The number of benzene rings is 1. The van der Waals surface area contributed by atoms with Crippen LogP contribution in [0.3, 0.4) is 0 Å². The van der Waals surface area contributed by atoms with Gasteiger partial charge in [-0.2, -0.15) is 5.10 Å². The standard InChI is InChI=1S/C20H22FN5O4S/c1-25-9-8-22-19(25)18(13-3-2-4-14(21)11-13)23-20(28)16-5-6-17(27)26(24-16)15-7-10-31(29,30)12-15/h2-4,8-9,11,15,18H,5-7,10,12H2,1H3,(H,23,28)/t15-,18+/m0/s1. The van der Waals surface area contributed by atoms with E-state index in [0.29, 0.717) is 17.8 Å². The number of sulfone groups is 1. The molecule has 0 unspecified atom stereocenters. The topological polar surface area (TPSA) is 114 Å². The van der Waals surface area contributed by atoms with E-state index in [1.165, 1.54) is 12.1 Å². The summed E-state index contributed by atoms with van der Waals surface area (Å²) in [5, 5.41) is 8.18. The van der Waals surface area contributed by atoms with Crippen LogP contribution in [0.1, 0.15) is 36.7 Å². The first kappa shape index (κ1) is 21.2. The summed E-state index contributed by atoms with van der Waals surface area (Å²) < 4.78 is 39.1. The zero-order valence-electron chi connectivity index (χ0n) is 16.9. The number of amides is 2. The monoisotopic (exact) mass is 447 g/mol. The number of aryl methyl sites for hydroxylation is 1. The highest BCUT2D eigenvalue weighted by Gasteiger charge is 2.37. The summed E-state index contributed by atoms with van der Waals surface area (Å²) in [6.45, 7) is 0. The van der Waals surface area contributed by atoms with Crippen LogP contribution in [-0.4, -0.2) is 58.1 Å². The molecule has 1 aromatic carbocycles. The fourth-order valence-electron chi connectivity index (χ4n) is 3.84. The maximum Gasteiger partial charge on any atom is 0.268 e. The van der Waals surface area contributed by atoms with E-state index < -0.39 is 33.6 Å². The Labute approximate surface area is 178 Å². The second-order valence-electron chi connectivity index (χ2n) is 7.70. The second-order valence-corrected chi connectivity index (χ2v) is 9.93. The molecule has 0 aliphatic carbocycles. The van der Waals surface area contributed by atoms with Gasteiger partial charge in [0, 0.05) is 32.3 Å². The van der Waals surface area contributed by atoms with Crippen molar-refractivity contribution >= 4 is 27.4 Å². The van der Waals surface area contributed by atoms with Crippen LogP contribution in [-0.2, 0) is 26.5 Å². The highest BCUT2D eigenvalue weighted by atomic mass is 32.2. The lowest BCUT2D eigenvalue weighted by atomic mass is 10.0. The smallest absolute Gasteiger partial charge is 0.268 e. The van der Waals surface area contributed by atoms with E-state index in [-0.39, 0.29) is 36.0 Å². The molecule has 0 bridgehead atoms. The predicted octanol–water partition coefficient (Wildman–Crippen LogP) is 0.930. The Balaban J connectivity index is 1.60. The number of nitrogens with one attached hydrogen (secondary N) is 1. The molecule has 1 fully saturated rings. The average Bonchev–Trinajstić information content (AvgIpc) is 3.31. The van der Waals surface area contributed by atoms with Crippen molar-refractivity contribution in [1.82, 2.24) is 19.9 Å². The van der Waals surface area contributed by atoms with E-state index in [2.05, 4.69) is 15.4 Å². The van der Waals surface area contributed by atoms with Crippen LogP contribution in [0.25, 0.3) is 0 Å². The summed E-state index contributed by atoms with van der Waals surface area (Å²) in [6.07, 6.45) is 3.79. The third-order valence-corrected chi connectivity index (χ3v) is 7.20. The van der Waals surface area contributed by atoms with Gasteiger partial charge in [0.15, 0.2) is 9.84 Å². The second kappa shape index (κ2) is 8.22. The minimum Gasteiger partial charge on any atom is -0.337 e. The number of nitrogens with zero attached hydrogens (tertiary/aromatic N) is 4. The summed E-state index contributed by atoms with van der Waals surface area (Å²) in [7, 11) is -1.45. The number of hydrazone groups is 1. The summed E-state index contributed by atoms with van der Waals surface area (Å²) in [4.78, 5) is 29.6. The van der Waals surface area contributed by atoms with Crippen LogP contribution in [0.15, 0.2) is 41.8 Å². The maximum absolute atomic E-state index is 13.8. The van der Waals surface area contributed by atoms with Crippen LogP contribution in [0.5, 0.6) is 0 Å². The Kier molecular flexibility index (Phi) is 5.61. The minimum absolute atomic E-state index is 0.000694. The molecule has 164 valence electrons. The number of hydrogen-bond donors (Lipinski definition) is 1. The fraction of sp³-hybridized carbons (Fsp3) is 0.400. The Morgan fingerprint density at radius 2 is 2.13 bits per heavy atom. The van der Waals surface area contributed by atoms with E-state index >= 15 is 0 Å². The molecule has 0 radical (unpaired) electrons. The first-order chi connectivity index (χ1) is 14.7. The van der Waals surface area contributed by atoms with Crippen LogP contribution >= 0.6 is 0 Å². The van der Waals surface area contributed by atoms with Crippen molar-refractivity contribution in [2.75, 3.05) is 11.5 Å². The normalized spacial score (nSPS) is 21.6. The minimum atomic E-state index is -3.21.